The molecule has 5 nitrogen and oxygen atoms in total. The van der Waals surface area contributed by atoms with Crippen LogP contribution in [0.2, 0.25) is 0 Å². The van der Waals surface area contributed by atoms with Crippen LogP contribution in [-0.2, 0) is 0 Å². The Kier molecular flexibility index (Phi) is 5.71. The molecule has 1 heterocycles. The molecule has 2 aromatic rings. The molecule has 1 aromatic heterocycles. The van der Waals surface area contributed by atoms with Gasteiger partial charge in [0, 0.05) is 18.3 Å². The number of hydrogen-bond donors (Lipinski definition) is 2. The Morgan fingerprint density at radius 2 is 1.87 bits per heavy atom. The van der Waals surface area contributed by atoms with E-state index >= 15 is 0 Å². The summed E-state index contributed by atoms with van der Waals surface area (Å²) in [5, 5.41) is 3.05. The summed E-state index contributed by atoms with van der Waals surface area (Å²) in [4.78, 5) is 16.4. The Balaban J connectivity index is 2.05. The molecule has 0 atom stereocenters. The van der Waals surface area contributed by atoms with Crippen LogP contribution in [0.5, 0.6) is 11.5 Å². The van der Waals surface area contributed by atoms with Crippen LogP contribution >= 0.6 is 0 Å². The smallest absolute Gasteiger partial charge is 0.251 e. The van der Waals surface area contributed by atoms with E-state index in [4.69, 9.17) is 10.5 Å². The largest absolute Gasteiger partial charge is 0.456 e. The van der Waals surface area contributed by atoms with Gasteiger partial charge in [0.1, 0.15) is 11.5 Å². The van der Waals surface area contributed by atoms with E-state index in [2.05, 4.69) is 10.3 Å². The standard InChI is InChI=1S/C18H23N3O2/c1-3-18(4-2,13-19)21-17(22)14-7-9-15(10-8-14)23-16-6-5-11-20-12-16/h5-12H,3-4,13,19H2,1-2H3,(H,21,22). The molecule has 0 fully saturated rings. The molecule has 0 unspecified atom stereocenters. The fraction of sp³-hybridized carbons (Fsp3) is 0.333. The summed E-state index contributed by atoms with van der Waals surface area (Å²) in [6, 6.07) is 10.7. The van der Waals surface area contributed by atoms with Crippen LogP contribution in [0.3, 0.4) is 0 Å². The zero-order valence-electron chi connectivity index (χ0n) is 13.6. The fourth-order valence-corrected chi connectivity index (χ4v) is 2.30. The minimum Gasteiger partial charge on any atom is -0.456 e. The maximum atomic E-state index is 12.4. The number of benzene rings is 1. The first kappa shape index (κ1) is 17.0. The van der Waals surface area contributed by atoms with Gasteiger partial charge in [0.15, 0.2) is 0 Å². The summed E-state index contributed by atoms with van der Waals surface area (Å²) in [5.74, 6) is 1.20. The Morgan fingerprint density at radius 1 is 1.17 bits per heavy atom. The first-order valence-corrected chi connectivity index (χ1v) is 7.83. The van der Waals surface area contributed by atoms with Crippen molar-refractivity contribution in [2.24, 2.45) is 5.73 Å². The van der Waals surface area contributed by atoms with Crippen molar-refractivity contribution in [2.45, 2.75) is 32.2 Å². The van der Waals surface area contributed by atoms with Crippen LogP contribution in [0.15, 0.2) is 48.8 Å². The highest BCUT2D eigenvalue weighted by atomic mass is 16.5. The molecule has 0 saturated carbocycles. The summed E-state index contributed by atoms with van der Waals surface area (Å²) in [7, 11) is 0. The van der Waals surface area contributed by atoms with Crippen molar-refractivity contribution < 1.29 is 9.53 Å². The van der Waals surface area contributed by atoms with Gasteiger partial charge >= 0.3 is 0 Å². The molecule has 1 amide bonds. The predicted molar refractivity (Wildman–Crippen MR) is 90.6 cm³/mol. The molecule has 5 heteroatoms. The normalized spacial score (nSPS) is 11.1. The van der Waals surface area contributed by atoms with Gasteiger partial charge in [0.25, 0.3) is 5.91 Å². The van der Waals surface area contributed by atoms with Gasteiger partial charge in [-0.3, -0.25) is 9.78 Å². The molecule has 0 aliphatic carbocycles. The summed E-state index contributed by atoms with van der Waals surface area (Å²) < 4.78 is 5.66. The van der Waals surface area contributed by atoms with Gasteiger partial charge in [-0.2, -0.15) is 0 Å². The van der Waals surface area contributed by atoms with Crippen LogP contribution < -0.4 is 15.8 Å². The van der Waals surface area contributed by atoms with E-state index in [0.717, 1.165) is 12.8 Å². The maximum Gasteiger partial charge on any atom is 0.251 e. The maximum absolute atomic E-state index is 12.4. The molecule has 0 saturated heterocycles. The molecule has 1 aromatic carbocycles. The number of nitrogens with one attached hydrogen (secondary N) is 1. The lowest BCUT2D eigenvalue weighted by Crippen LogP contribution is -2.52. The van der Waals surface area contributed by atoms with E-state index in [1.54, 1.807) is 42.7 Å². The van der Waals surface area contributed by atoms with E-state index in [0.29, 0.717) is 23.6 Å². The van der Waals surface area contributed by atoms with Crippen molar-refractivity contribution in [1.82, 2.24) is 10.3 Å². The van der Waals surface area contributed by atoms with Crippen molar-refractivity contribution in [3.8, 4) is 11.5 Å². The summed E-state index contributed by atoms with van der Waals surface area (Å²) in [6.07, 6.45) is 4.92. The average Bonchev–Trinajstić information content (AvgIpc) is 2.61. The monoisotopic (exact) mass is 313 g/mol. The van der Waals surface area contributed by atoms with Gasteiger partial charge in [-0.25, -0.2) is 0 Å². The van der Waals surface area contributed by atoms with Crippen molar-refractivity contribution in [2.75, 3.05) is 6.54 Å². The van der Waals surface area contributed by atoms with E-state index in [9.17, 15) is 4.79 Å². The average molecular weight is 313 g/mol. The van der Waals surface area contributed by atoms with E-state index in [-0.39, 0.29) is 11.4 Å². The number of nitrogens with zero attached hydrogens (tertiary/aromatic N) is 1. The Morgan fingerprint density at radius 3 is 2.39 bits per heavy atom. The van der Waals surface area contributed by atoms with Gasteiger partial charge < -0.3 is 15.8 Å². The molecule has 23 heavy (non-hydrogen) atoms. The van der Waals surface area contributed by atoms with Crippen molar-refractivity contribution in [1.29, 1.82) is 0 Å². The zero-order chi connectivity index (χ0) is 16.7. The van der Waals surface area contributed by atoms with Crippen LogP contribution in [0.25, 0.3) is 0 Å². The van der Waals surface area contributed by atoms with Crippen molar-refractivity contribution >= 4 is 5.91 Å². The lowest BCUT2D eigenvalue weighted by atomic mass is 9.92. The molecule has 122 valence electrons. The van der Waals surface area contributed by atoms with Gasteiger partial charge in [-0.1, -0.05) is 13.8 Å². The molecule has 2 rings (SSSR count). The molecule has 0 bridgehead atoms. The minimum atomic E-state index is -0.345. The van der Waals surface area contributed by atoms with Gasteiger partial charge in [-0.05, 0) is 49.2 Å². The quantitative estimate of drug-likeness (QED) is 0.823. The number of hydrogen-bond acceptors (Lipinski definition) is 4. The molecule has 0 aliphatic heterocycles. The van der Waals surface area contributed by atoms with Crippen LogP contribution in [0.4, 0.5) is 0 Å². The van der Waals surface area contributed by atoms with Crippen LogP contribution in [0, 0.1) is 0 Å². The lowest BCUT2D eigenvalue weighted by Gasteiger charge is -2.31. The second-order valence-electron chi connectivity index (χ2n) is 5.46. The molecule has 0 spiro atoms. The van der Waals surface area contributed by atoms with Gasteiger partial charge in [-0.15, -0.1) is 0 Å². The van der Waals surface area contributed by atoms with E-state index in [1.165, 1.54) is 0 Å². The third kappa shape index (κ3) is 4.29. The van der Waals surface area contributed by atoms with E-state index < -0.39 is 0 Å². The Bertz CT molecular complexity index is 614. The number of carbonyl (C=O) groups is 1. The van der Waals surface area contributed by atoms with Gasteiger partial charge in [0.2, 0.25) is 0 Å². The highest BCUT2D eigenvalue weighted by Gasteiger charge is 2.26. The summed E-state index contributed by atoms with van der Waals surface area (Å²) in [6.45, 7) is 4.48. The predicted octanol–water partition coefficient (Wildman–Crippen LogP) is 3.12. The lowest BCUT2D eigenvalue weighted by molar-refractivity contribution is 0.0895. The number of rotatable bonds is 7. The summed E-state index contributed by atoms with van der Waals surface area (Å²) in [5.41, 5.74) is 6.07. The number of nitrogens with two attached hydrogens (primary N) is 1. The number of aromatic nitrogens is 1. The molecular formula is C18H23N3O2. The second kappa shape index (κ2) is 7.74. The minimum absolute atomic E-state index is 0.118. The number of amides is 1. The van der Waals surface area contributed by atoms with Gasteiger partial charge in [0.05, 0.1) is 11.7 Å². The molecular weight excluding hydrogens is 290 g/mol. The highest BCUT2D eigenvalue weighted by Crippen LogP contribution is 2.21. The van der Waals surface area contributed by atoms with Crippen molar-refractivity contribution in [3.05, 3.63) is 54.4 Å². The Hall–Kier alpha value is -2.40. The fourth-order valence-electron chi connectivity index (χ4n) is 2.30. The van der Waals surface area contributed by atoms with Crippen LogP contribution in [0.1, 0.15) is 37.0 Å². The first-order chi connectivity index (χ1) is 11.1. The topological polar surface area (TPSA) is 77.2 Å². The summed E-state index contributed by atoms with van der Waals surface area (Å²) >= 11 is 0. The third-order valence-corrected chi connectivity index (χ3v) is 4.11. The second-order valence-corrected chi connectivity index (χ2v) is 5.46. The zero-order valence-corrected chi connectivity index (χ0v) is 13.6. The SMILES string of the molecule is CCC(CC)(CN)NC(=O)c1ccc(Oc2cccnc2)cc1. The number of ether oxygens (including phenoxy) is 1. The number of pyridine rings is 1. The highest BCUT2D eigenvalue weighted by molar-refractivity contribution is 5.94. The molecule has 3 N–H and O–H groups in total. The molecule has 0 radical (unpaired) electrons. The third-order valence-electron chi connectivity index (χ3n) is 4.11. The molecule has 0 aliphatic rings. The number of carbonyl (C=O) groups excluding carboxylic acids is 1. The van der Waals surface area contributed by atoms with E-state index in [1.807, 2.05) is 19.9 Å². The Labute approximate surface area is 136 Å². The van der Waals surface area contributed by atoms with Crippen molar-refractivity contribution in [3.63, 3.8) is 0 Å². The first-order valence-electron chi connectivity index (χ1n) is 7.83. The van der Waals surface area contributed by atoms with Crippen LogP contribution in [-0.4, -0.2) is 23.0 Å².